The van der Waals surface area contributed by atoms with Crippen molar-refractivity contribution in [1.29, 1.82) is 0 Å². The number of nitrogens with zero attached hydrogens (tertiary/aromatic N) is 1. The van der Waals surface area contributed by atoms with Crippen LogP contribution in [0, 0.1) is 5.92 Å². The van der Waals surface area contributed by atoms with Gasteiger partial charge in [0.05, 0.1) is 5.56 Å². The van der Waals surface area contributed by atoms with Crippen molar-refractivity contribution in [2.45, 2.75) is 38.9 Å². The first-order valence-corrected chi connectivity index (χ1v) is 8.05. The lowest BCUT2D eigenvalue weighted by atomic mass is 9.89. The lowest BCUT2D eigenvalue weighted by molar-refractivity contribution is -0.137. The Hall–Kier alpha value is -0.780. The van der Waals surface area contributed by atoms with Gasteiger partial charge in [-0.2, -0.15) is 13.2 Å². The van der Waals surface area contributed by atoms with E-state index in [-0.39, 0.29) is 18.4 Å². The molecule has 0 bridgehead atoms. The van der Waals surface area contributed by atoms with Gasteiger partial charge in [0, 0.05) is 32.2 Å². The average Bonchev–Trinajstić information content (AvgIpc) is 2.48. The lowest BCUT2D eigenvalue weighted by Gasteiger charge is -2.38. The van der Waals surface area contributed by atoms with E-state index >= 15 is 0 Å². The van der Waals surface area contributed by atoms with E-state index < -0.39 is 11.7 Å². The summed E-state index contributed by atoms with van der Waals surface area (Å²) in [5.41, 5.74) is 0.425. The van der Waals surface area contributed by atoms with Crippen molar-refractivity contribution in [3.05, 3.63) is 35.4 Å². The van der Waals surface area contributed by atoms with E-state index in [1.807, 2.05) is 0 Å². The molecular formula is C17H26ClF3N2. The molecule has 132 valence electrons. The molecule has 1 unspecified atom stereocenters. The van der Waals surface area contributed by atoms with Crippen molar-refractivity contribution in [2.75, 3.05) is 26.2 Å². The summed E-state index contributed by atoms with van der Waals surface area (Å²) in [4.78, 5) is 2.40. The smallest absolute Gasteiger partial charge is 0.314 e. The zero-order valence-electron chi connectivity index (χ0n) is 13.7. The Morgan fingerprint density at radius 2 is 1.70 bits per heavy atom. The molecule has 1 aliphatic heterocycles. The first-order valence-electron chi connectivity index (χ1n) is 8.05. The van der Waals surface area contributed by atoms with Crippen LogP contribution in [0.2, 0.25) is 0 Å². The molecule has 0 aliphatic carbocycles. The molecule has 1 N–H and O–H groups in total. The third-order valence-corrected chi connectivity index (χ3v) is 4.41. The van der Waals surface area contributed by atoms with E-state index in [2.05, 4.69) is 24.1 Å². The second kappa shape index (κ2) is 8.90. The summed E-state index contributed by atoms with van der Waals surface area (Å²) in [6, 6.07) is 5.93. The fourth-order valence-corrected chi connectivity index (χ4v) is 3.34. The van der Waals surface area contributed by atoms with E-state index in [0.29, 0.717) is 5.92 Å². The molecule has 1 saturated heterocycles. The van der Waals surface area contributed by atoms with Crippen LogP contribution in [-0.2, 0) is 6.18 Å². The topological polar surface area (TPSA) is 15.3 Å². The summed E-state index contributed by atoms with van der Waals surface area (Å²) in [5, 5.41) is 3.33. The monoisotopic (exact) mass is 350 g/mol. The van der Waals surface area contributed by atoms with Gasteiger partial charge < -0.3 is 5.32 Å². The highest BCUT2D eigenvalue weighted by molar-refractivity contribution is 5.85. The van der Waals surface area contributed by atoms with E-state index in [1.54, 1.807) is 12.1 Å². The summed E-state index contributed by atoms with van der Waals surface area (Å²) < 4.78 is 38.2. The minimum Gasteiger partial charge on any atom is -0.314 e. The highest BCUT2D eigenvalue weighted by atomic mass is 35.5. The van der Waals surface area contributed by atoms with Gasteiger partial charge in [-0.05, 0) is 30.0 Å². The number of hydrogen-bond acceptors (Lipinski definition) is 2. The maximum atomic E-state index is 12.7. The predicted molar refractivity (Wildman–Crippen MR) is 89.9 cm³/mol. The third kappa shape index (κ3) is 5.37. The summed E-state index contributed by atoms with van der Waals surface area (Å²) in [5.74, 6) is 0.430. The molecule has 1 fully saturated rings. The molecule has 1 aromatic rings. The SMILES string of the molecule is CCCC(C)[C@@H](c1ccc(C(F)(F)F)cc1)N1CCNCC1.Cl. The van der Waals surface area contributed by atoms with Gasteiger partial charge in [0.2, 0.25) is 0 Å². The molecule has 1 aromatic carbocycles. The van der Waals surface area contributed by atoms with E-state index in [0.717, 1.165) is 44.6 Å². The fourth-order valence-electron chi connectivity index (χ4n) is 3.34. The van der Waals surface area contributed by atoms with Crippen LogP contribution >= 0.6 is 12.4 Å². The number of alkyl halides is 3. The van der Waals surface area contributed by atoms with Crippen LogP contribution in [0.1, 0.15) is 43.9 Å². The van der Waals surface area contributed by atoms with Crippen molar-refractivity contribution in [1.82, 2.24) is 10.2 Å². The highest BCUT2D eigenvalue weighted by Gasteiger charge is 2.31. The first kappa shape index (κ1) is 20.3. The molecule has 2 nitrogen and oxygen atoms in total. The Labute approximate surface area is 142 Å². The van der Waals surface area contributed by atoms with Gasteiger partial charge in [-0.1, -0.05) is 32.4 Å². The number of hydrogen-bond donors (Lipinski definition) is 1. The molecule has 1 heterocycles. The van der Waals surface area contributed by atoms with Crippen molar-refractivity contribution in [3.63, 3.8) is 0 Å². The molecule has 23 heavy (non-hydrogen) atoms. The van der Waals surface area contributed by atoms with Crippen LogP contribution in [0.5, 0.6) is 0 Å². The summed E-state index contributed by atoms with van der Waals surface area (Å²) >= 11 is 0. The number of halogens is 4. The Balaban J connectivity index is 0.00000264. The van der Waals surface area contributed by atoms with Crippen LogP contribution in [0.25, 0.3) is 0 Å². The normalized spacial score (nSPS) is 19.0. The molecule has 0 spiro atoms. The average molecular weight is 351 g/mol. The number of rotatable bonds is 5. The quantitative estimate of drug-likeness (QED) is 0.840. The molecule has 2 atom stereocenters. The Morgan fingerprint density at radius 1 is 1.13 bits per heavy atom. The first-order chi connectivity index (χ1) is 10.4. The Morgan fingerprint density at radius 3 is 2.17 bits per heavy atom. The Bertz CT molecular complexity index is 456. The van der Waals surface area contributed by atoms with Crippen molar-refractivity contribution >= 4 is 12.4 Å². The van der Waals surface area contributed by atoms with Crippen LogP contribution in [0.15, 0.2) is 24.3 Å². The minimum atomic E-state index is -4.27. The maximum Gasteiger partial charge on any atom is 0.416 e. The fraction of sp³-hybridized carbons (Fsp3) is 0.647. The molecule has 0 aromatic heterocycles. The van der Waals surface area contributed by atoms with Crippen LogP contribution in [0.4, 0.5) is 13.2 Å². The van der Waals surface area contributed by atoms with Crippen LogP contribution in [-0.4, -0.2) is 31.1 Å². The van der Waals surface area contributed by atoms with E-state index in [9.17, 15) is 13.2 Å². The maximum absolute atomic E-state index is 12.7. The largest absolute Gasteiger partial charge is 0.416 e. The third-order valence-electron chi connectivity index (χ3n) is 4.41. The van der Waals surface area contributed by atoms with Gasteiger partial charge in [0.25, 0.3) is 0 Å². The predicted octanol–water partition coefficient (Wildman–Crippen LogP) is 4.51. The lowest BCUT2D eigenvalue weighted by Crippen LogP contribution is -2.46. The standard InChI is InChI=1S/C17H25F3N2.ClH/c1-3-4-13(2)16(22-11-9-21-10-12-22)14-5-7-15(8-6-14)17(18,19)20;/h5-8,13,16,21H,3-4,9-12H2,1-2H3;1H/t13?,16-;/m0./s1. The van der Waals surface area contributed by atoms with E-state index in [4.69, 9.17) is 0 Å². The van der Waals surface area contributed by atoms with Gasteiger partial charge in [0.1, 0.15) is 0 Å². The zero-order valence-corrected chi connectivity index (χ0v) is 14.5. The molecule has 2 rings (SSSR count). The van der Waals surface area contributed by atoms with Crippen molar-refractivity contribution in [3.8, 4) is 0 Å². The van der Waals surface area contributed by atoms with Crippen LogP contribution in [0.3, 0.4) is 0 Å². The Kier molecular flexibility index (Phi) is 7.84. The molecule has 0 radical (unpaired) electrons. The van der Waals surface area contributed by atoms with Crippen LogP contribution < -0.4 is 5.32 Å². The highest BCUT2D eigenvalue weighted by Crippen LogP contribution is 2.34. The van der Waals surface area contributed by atoms with Crippen molar-refractivity contribution < 1.29 is 13.2 Å². The number of piperazine rings is 1. The van der Waals surface area contributed by atoms with Gasteiger partial charge in [-0.3, -0.25) is 4.90 Å². The molecule has 0 saturated carbocycles. The number of benzene rings is 1. The summed E-state index contributed by atoms with van der Waals surface area (Å²) in [6.45, 7) is 8.12. The van der Waals surface area contributed by atoms with Gasteiger partial charge in [-0.15, -0.1) is 12.4 Å². The number of nitrogens with one attached hydrogen (secondary N) is 1. The molecule has 0 amide bonds. The second-order valence-corrected chi connectivity index (χ2v) is 6.12. The van der Waals surface area contributed by atoms with Gasteiger partial charge in [0.15, 0.2) is 0 Å². The molecular weight excluding hydrogens is 325 g/mol. The zero-order chi connectivity index (χ0) is 16.2. The molecule has 6 heteroatoms. The molecule has 1 aliphatic rings. The summed E-state index contributed by atoms with van der Waals surface area (Å²) in [6.07, 6.45) is -2.10. The van der Waals surface area contributed by atoms with E-state index in [1.165, 1.54) is 12.1 Å². The minimum absolute atomic E-state index is 0. The van der Waals surface area contributed by atoms with Gasteiger partial charge in [-0.25, -0.2) is 0 Å². The summed E-state index contributed by atoms with van der Waals surface area (Å²) in [7, 11) is 0. The second-order valence-electron chi connectivity index (χ2n) is 6.12. The van der Waals surface area contributed by atoms with Gasteiger partial charge >= 0.3 is 6.18 Å². The van der Waals surface area contributed by atoms with Crippen molar-refractivity contribution in [2.24, 2.45) is 5.92 Å².